The molecule has 0 radical (unpaired) electrons. The van der Waals surface area contributed by atoms with Crippen LogP contribution in [0, 0.1) is 0 Å². The molecule has 1 atom stereocenters. The van der Waals surface area contributed by atoms with Crippen LogP contribution in [0.1, 0.15) is 20.3 Å². The maximum absolute atomic E-state index is 10.6. The van der Waals surface area contributed by atoms with Gasteiger partial charge in [-0.1, -0.05) is 11.6 Å². The average Bonchev–Trinajstić information content (AvgIpc) is 2.15. The number of aldehydes is 1. The van der Waals surface area contributed by atoms with Gasteiger partial charge >= 0.3 is 11.9 Å². The first-order valence-corrected chi connectivity index (χ1v) is 4.95. The fraction of sp³-hybridized carbons (Fsp3) is 0.500. The molecule has 0 saturated carbocycles. The van der Waals surface area contributed by atoms with Gasteiger partial charge < -0.3 is 9.47 Å². The summed E-state index contributed by atoms with van der Waals surface area (Å²) < 4.78 is 9.27. The van der Waals surface area contributed by atoms with Crippen LogP contribution in [0.25, 0.3) is 0 Å². The molecule has 0 aliphatic carbocycles. The Labute approximate surface area is 98.3 Å². The third-order valence-corrected chi connectivity index (χ3v) is 1.74. The number of carbonyl (C=O) groups excluding carboxylic acids is 3. The number of ether oxygens (including phenoxy) is 2. The lowest BCUT2D eigenvalue weighted by Crippen LogP contribution is -2.15. The van der Waals surface area contributed by atoms with Crippen molar-refractivity contribution >= 4 is 29.8 Å². The smallest absolute Gasteiger partial charge is 0.303 e. The molecule has 0 fully saturated rings. The van der Waals surface area contributed by atoms with E-state index in [1.807, 2.05) is 0 Å². The lowest BCUT2D eigenvalue weighted by molar-refractivity contribution is -0.146. The second-order valence-corrected chi connectivity index (χ2v) is 3.40. The number of hydrogen-bond acceptors (Lipinski definition) is 5. The monoisotopic (exact) mass is 248 g/mol. The quantitative estimate of drug-likeness (QED) is 0.522. The summed E-state index contributed by atoms with van der Waals surface area (Å²) in [6.45, 7) is 2.60. The van der Waals surface area contributed by atoms with Crippen LogP contribution in [0.2, 0.25) is 0 Å². The largest absolute Gasteiger partial charge is 0.465 e. The van der Waals surface area contributed by atoms with Crippen LogP contribution < -0.4 is 0 Å². The number of esters is 2. The summed E-state index contributed by atoms with van der Waals surface area (Å²) in [6.07, 6.45) is 1.02. The van der Waals surface area contributed by atoms with E-state index >= 15 is 0 Å². The molecule has 0 aliphatic heterocycles. The second kappa shape index (κ2) is 7.87. The summed E-state index contributed by atoms with van der Waals surface area (Å²) >= 11 is 5.74. The highest BCUT2D eigenvalue weighted by molar-refractivity contribution is 6.29. The number of rotatable bonds is 6. The molecule has 0 bridgehead atoms. The molecule has 0 N–H and O–H groups in total. The average molecular weight is 249 g/mol. The summed E-state index contributed by atoms with van der Waals surface area (Å²) in [5, 5.41) is 0.291. The number of halogens is 1. The molecule has 0 rings (SSSR count). The van der Waals surface area contributed by atoms with Crippen LogP contribution in [0.15, 0.2) is 11.1 Å². The first-order chi connectivity index (χ1) is 7.45. The number of carbonyl (C=O) groups is 3. The van der Waals surface area contributed by atoms with Gasteiger partial charge in [-0.25, -0.2) is 0 Å². The molecule has 0 heterocycles. The van der Waals surface area contributed by atoms with E-state index in [4.69, 9.17) is 11.6 Å². The van der Waals surface area contributed by atoms with E-state index in [0.717, 1.165) is 0 Å². The molecule has 90 valence electrons. The van der Waals surface area contributed by atoms with Gasteiger partial charge in [-0.05, 0) is 6.08 Å². The van der Waals surface area contributed by atoms with Crippen molar-refractivity contribution in [2.75, 3.05) is 6.61 Å². The van der Waals surface area contributed by atoms with Crippen LogP contribution in [-0.2, 0) is 23.9 Å². The molecular formula is C10H13ClO5. The lowest BCUT2D eigenvalue weighted by Gasteiger charge is -2.06. The maximum Gasteiger partial charge on any atom is 0.303 e. The van der Waals surface area contributed by atoms with E-state index in [-0.39, 0.29) is 13.0 Å². The molecule has 0 aromatic heterocycles. The molecule has 0 aromatic rings. The fourth-order valence-electron chi connectivity index (χ4n) is 0.847. The van der Waals surface area contributed by atoms with Gasteiger partial charge in [-0.3, -0.25) is 14.4 Å². The molecule has 0 spiro atoms. The van der Waals surface area contributed by atoms with Crippen LogP contribution in [-0.4, -0.2) is 30.9 Å². The topological polar surface area (TPSA) is 69.7 Å². The zero-order chi connectivity index (χ0) is 12.6. The summed E-state index contributed by atoms with van der Waals surface area (Å²) in [5.74, 6) is -0.978. The number of hydrogen-bond donors (Lipinski definition) is 0. The van der Waals surface area contributed by atoms with Crippen molar-refractivity contribution in [2.24, 2.45) is 0 Å². The van der Waals surface area contributed by atoms with Crippen molar-refractivity contribution in [3.63, 3.8) is 0 Å². The minimum atomic E-state index is -0.998. The van der Waals surface area contributed by atoms with Crippen molar-refractivity contribution in [3.05, 3.63) is 11.1 Å². The normalized spacial score (nSPS) is 12.8. The third kappa shape index (κ3) is 7.99. The van der Waals surface area contributed by atoms with E-state index in [1.54, 1.807) is 0 Å². The Bertz CT molecular complexity index is 298. The Morgan fingerprint density at radius 2 is 1.94 bits per heavy atom. The molecule has 0 amide bonds. The molecule has 0 aromatic carbocycles. The van der Waals surface area contributed by atoms with Gasteiger partial charge in [0.2, 0.25) is 0 Å². The van der Waals surface area contributed by atoms with Crippen molar-refractivity contribution in [1.82, 2.24) is 0 Å². The van der Waals surface area contributed by atoms with Crippen molar-refractivity contribution < 1.29 is 23.9 Å². The highest BCUT2D eigenvalue weighted by atomic mass is 35.5. The predicted molar refractivity (Wildman–Crippen MR) is 56.8 cm³/mol. The van der Waals surface area contributed by atoms with Gasteiger partial charge in [0.05, 0.1) is 6.61 Å². The van der Waals surface area contributed by atoms with Crippen molar-refractivity contribution in [1.29, 1.82) is 0 Å². The zero-order valence-corrected chi connectivity index (χ0v) is 9.82. The SMILES string of the molecule is CC(=O)OCC/C(Cl)=C/C(C=O)OC(C)=O. The van der Waals surface area contributed by atoms with Crippen molar-refractivity contribution in [3.8, 4) is 0 Å². The summed E-state index contributed by atoms with van der Waals surface area (Å²) in [5.41, 5.74) is 0. The predicted octanol–water partition coefficient (Wildman–Crippen LogP) is 1.19. The van der Waals surface area contributed by atoms with Gasteiger partial charge in [-0.15, -0.1) is 0 Å². The van der Waals surface area contributed by atoms with E-state index in [9.17, 15) is 14.4 Å². The van der Waals surface area contributed by atoms with Crippen molar-refractivity contribution in [2.45, 2.75) is 26.4 Å². The minimum Gasteiger partial charge on any atom is -0.465 e. The van der Waals surface area contributed by atoms with Gasteiger partial charge in [0.15, 0.2) is 12.4 Å². The Balaban J connectivity index is 4.10. The maximum atomic E-state index is 10.6. The fourth-order valence-corrected chi connectivity index (χ4v) is 1.05. The van der Waals surface area contributed by atoms with Gasteiger partial charge in [-0.2, -0.15) is 0 Å². The Morgan fingerprint density at radius 1 is 1.31 bits per heavy atom. The Kier molecular flexibility index (Phi) is 7.20. The Morgan fingerprint density at radius 3 is 2.38 bits per heavy atom. The third-order valence-electron chi connectivity index (χ3n) is 1.43. The zero-order valence-electron chi connectivity index (χ0n) is 9.07. The molecular weight excluding hydrogens is 236 g/mol. The second-order valence-electron chi connectivity index (χ2n) is 2.91. The van der Waals surface area contributed by atoms with E-state index in [2.05, 4.69) is 9.47 Å². The van der Waals surface area contributed by atoms with E-state index < -0.39 is 18.0 Å². The highest BCUT2D eigenvalue weighted by Crippen LogP contribution is 2.09. The van der Waals surface area contributed by atoms with E-state index in [0.29, 0.717) is 11.3 Å². The van der Waals surface area contributed by atoms with Gasteiger partial charge in [0.25, 0.3) is 0 Å². The van der Waals surface area contributed by atoms with E-state index in [1.165, 1.54) is 19.9 Å². The van der Waals surface area contributed by atoms with Crippen LogP contribution >= 0.6 is 11.6 Å². The van der Waals surface area contributed by atoms with Crippen LogP contribution in [0.5, 0.6) is 0 Å². The van der Waals surface area contributed by atoms with Gasteiger partial charge in [0.1, 0.15) is 0 Å². The summed E-state index contributed by atoms with van der Waals surface area (Å²) in [7, 11) is 0. The molecule has 1 unspecified atom stereocenters. The minimum absolute atomic E-state index is 0.121. The van der Waals surface area contributed by atoms with Crippen LogP contribution in [0.3, 0.4) is 0 Å². The first kappa shape index (κ1) is 14.6. The standard InChI is InChI=1S/C10H13ClO5/c1-7(13)15-4-3-9(11)5-10(6-12)16-8(2)14/h5-6,10H,3-4H2,1-2H3/b9-5-. The van der Waals surface area contributed by atoms with Crippen LogP contribution in [0.4, 0.5) is 0 Å². The summed E-state index contributed by atoms with van der Waals surface area (Å²) in [6, 6.07) is 0. The highest BCUT2D eigenvalue weighted by Gasteiger charge is 2.08. The molecule has 6 heteroatoms. The summed E-state index contributed by atoms with van der Waals surface area (Å²) in [4.78, 5) is 31.5. The molecule has 16 heavy (non-hydrogen) atoms. The first-order valence-electron chi connectivity index (χ1n) is 4.57. The molecule has 0 saturated heterocycles. The van der Waals surface area contributed by atoms with Gasteiger partial charge in [0, 0.05) is 25.3 Å². The Hall–Kier alpha value is -1.36. The molecule has 5 nitrogen and oxygen atoms in total. The molecule has 0 aliphatic rings. The lowest BCUT2D eigenvalue weighted by atomic mass is 10.3.